The van der Waals surface area contributed by atoms with Gasteiger partial charge in [-0.1, -0.05) is 12.1 Å². The number of aromatic nitrogens is 1. The Kier molecular flexibility index (Phi) is 7.19. The van der Waals surface area contributed by atoms with Crippen LogP contribution in [-0.4, -0.2) is 47.3 Å². The summed E-state index contributed by atoms with van der Waals surface area (Å²) < 4.78 is 22.2. The van der Waals surface area contributed by atoms with E-state index in [1.165, 1.54) is 24.9 Å². The van der Waals surface area contributed by atoms with E-state index in [1.807, 2.05) is 31.2 Å². The average Bonchev–Trinajstić information content (AvgIpc) is 3.57. The molecule has 0 unspecified atom stereocenters. The number of carbonyl (C=O) groups excluding carboxylic acids is 2. The van der Waals surface area contributed by atoms with Crippen LogP contribution in [0.15, 0.2) is 28.7 Å². The van der Waals surface area contributed by atoms with Crippen LogP contribution in [0.25, 0.3) is 6.08 Å². The summed E-state index contributed by atoms with van der Waals surface area (Å²) in [5.41, 5.74) is 2.11. The third-order valence-electron chi connectivity index (χ3n) is 6.06. The van der Waals surface area contributed by atoms with Crippen molar-refractivity contribution in [3.63, 3.8) is 0 Å². The van der Waals surface area contributed by atoms with E-state index < -0.39 is 23.7 Å². The van der Waals surface area contributed by atoms with Crippen molar-refractivity contribution >= 4 is 18.1 Å². The van der Waals surface area contributed by atoms with Crippen molar-refractivity contribution < 1.29 is 28.2 Å². The molecule has 1 aliphatic heterocycles. The van der Waals surface area contributed by atoms with Gasteiger partial charge >= 0.3 is 12.1 Å². The summed E-state index contributed by atoms with van der Waals surface area (Å²) in [6.45, 7) is 7.98. The first-order valence-electron chi connectivity index (χ1n) is 12.1. The number of rotatable bonds is 7. The monoisotopic (exact) mass is 482 g/mol. The van der Waals surface area contributed by atoms with Crippen molar-refractivity contribution in [3.8, 4) is 5.75 Å². The molecule has 8 nitrogen and oxygen atoms in total. The van der Waals surface area contributed by atoms with Gasteiger partial charge in [0, 0.05) is 12.8 Å². The number of oxazole rings is 1. The summed E-state index contributed by atoms with van der Waals surface area (Å²) in [5.74, 6) is 2.35. The van der Waals surface area contributed by atoms with Crippen LogP contribution in [0.5, 0.6) is 5.75 Å². The van der Waals surface area contributed by atoms with Crippen LogP contribution < -0.4 is 4.74 Å². The Morgan fingerprint density at radius 2 is 2.00 bits per heavy atom. The predicted molar refractivity (Wildman–Crippen MR) is 130 cm³/mol. The lowest BCUT2D eigenvalue weighted by molar-refractivity contribution is -0.147. The molecule has 2 aromatic rings. The first-order valence-corrected chi connectivity index (χ1v) is 12.1. The first-order chi connectivity index (χ1) is 16.6. The molecule has 8 heteroatoms. The smallest absolute Gasteiger partial charge is 0.411 e. The van der Waals surface area contributed by atoms with Gasteiger partial charge in [-0.2, -0.15) is 0 Å². The van der Waals surface area contributed by atoms with E-state index in [4.69, 9.17) is 18.6 Å². The van der Waals surface area contributed by atoms with Crippen molar-refractivity contribution in [3.05, 3.63) is 52.7 Å². The number of hydrogen-bond donors (Lipinski definition) is 0. The highest BCUT2D eigenvalue weighted by Gasteiger charge is 2.37. The van der Waals surface area contributed by atoms with Crippen LogP contribution in [0.3, 0.4) is 0 Å². The van der Waals surface area contributed by atoms with Crippen LogP contribution in [0, 0.1) is 12.8 Å². The van der Waals surface area contributed by atoms with Crippen molar-refractivity contribution in [1.29, 1.82) is 0 Å². The molecule has 1 aliphatic carbocycles. The molecule has 1 saturated carbocycles. The number of carbonyl (C=O) groups is 2. The number of esters is 1. The number of amides is 1. The summed E-state index contributed by atoms with van der Waals surface area (Å²) in [7, 11) is 1.32. The largest absolute Gasteiger partial charge is 0.493 e. The highest BCUT2D eigenvalue weighted by Crippen LogP contribution is 2.31. The number of methoxy groups -OCH3 is 1. The van der Waals surface area contributed by atoms with E-state index in [2.05, 4.69) is 11.1 Å². The minimum Gasteiger partial charge on any atom is -0.493 e. The minimum atomic E-state index is -0.729. The molecule has 1 fully saturated rings. The Balaban J connectivity index is 1.41. The SMILES string of the molecule is COC(=O)[C@@H]1Cc2ccc(OCCc3nc(/C=C/C4CC4)oc3C)cc2CN1C(=O)OC(C)(C)C. The summed E-state index contributed by atoms with van der Waals surface area (Å²) in [5, 5.41) is 0. The van der Waals surface area contributed by atoms with E-state index in [0.29, 0.717) is 37.0 Å². The molecule has 1 aromatic heterocycles. The van der Waals surface area contributed by atoms with E-state index in [-0.39, 0.29) is 6.54 Å². The number of ether oxygens (including phenoxy) is 3. The van der Waals surface area contributed by atoms with Gasteiger partial charge in [0.2, 0.25) is 5.89 Å². The van der Waals surface area contributed by atoms with Gasteiger partial charge < -0.3 is 18.6 Å². The number of aryl methyl sites for hydroxylation is 1. The third kappa shape index (κ3) is 6.44. The highest BCUT2D eigenvalue weighted by atomic mass is 16.6. The summed E-state index contributed by atoms with van der Waals surface area (Å²) in [6.07, 6.45) is 7.04. The molecule has 0 spiro atoms. The fourth-order valence-electron chi connectivity index (χ4n) is 4.04. The third-order valence-corrected chi connectivity index (χ3v) is 6.06. The molecule has 2 aliphatic rings. The van der Waals surface area contributed by atoms with Crippen LogP contribution in [0.2, 0.25) is 0 Å². The van der Waals surface area contributed by atoms with Gasteiger partial charge in [0.25, 0.3) is 0 Å². The molecule has 0 radical (unpaired) electrons. The lowest BCUT2D eigenvalue weighted by Crippen LogP contribution is -2.50. The van der Waals surface area contributed by atoms with Crippen LogP contribution in [0.4, 0.5) is 4.79 Å². The van der Waals surface area contributed by atoms with E-state index in [0.717, 1.165) is 22.6 Å². The molecule has 188 valence electrons. The van der Waals surface area contributed by atoms with Crippen molar-refractivity contribution in [2.75, 3.05) is 13.7 Å². The fourth-order valence-corrected chi connectivity index (χ4v) is 4.04. The molecule has 0 saturated heterocycles. The zero-order valence-electron chi connectivity index (χ0n) is 21.1. The first kappa shape index (κ1) is 24.8. The van der Waals surface area contributed by atoms with Crippen LogP contribution in [-0.2, 0) is 33.7 Å². The summed E-state index contributed by atoms with van der Waals surface area (Å²) in [6, 6.07) is 5.01. The van der Waals surface area contributed by atoms with Gasteiger partial charge in [0.15, 0.2) is 0 Å². The zero-order chi connectivity index (χ0) is 25.2. The van der Waals surface area contributed by atoms with Crippen LogP contribution >= 0.6 is 0 Å². The molecular formula is C27H34N2O6. The summed E-state index contributed by atoms with van der Waals surface area (Å²) >= 11 is 0. The normalized spacial score (nSPS) is 17.9. The van der Waals surface area contributed by atoms with Gasteiger partial charge in [-0.05, 0) is 75.8 Å². The van der Waals surface area contributed by atoms with Gasteiger partial charge in [0.1, 0.15) is 23.2 Å². The topological polar surface area (TPSA) is 91.1 Å². The second kappa shape index (κ2) is 10.1. The number of hydrogen-bond acceptors (Lipinski definition) is 7. The quantitative estimate of drug-likeness (QED) is 0.520. The Bertz CT molecular complexity index is 1110. The number of nitrogens with zero attached hydrogens (tertiary/aromatic N) is 2. The van der Waals surface area contributed by atoms with E-state index >= 15 is 0 Å². The standard InChI is InChI=1S/C27H34N2O6/c1-17-22(28-24(34-17)11-8-18-6-7-18)12-13-33-21-10-9-19-15-23(25(30)32-5)29(16-20(19)14-21)26(31)35-27(2,3)4/h8-11,14,18,23H,6-7,12-13,15-16H2,1-5H3/b11-8+/t23-/m0/s1. The molecule has 0 N–H and O–H groups in total. The van der Waals surface area contributed by atoms with Crippen molar-refractivity contribution in [2.24, 2.45) is 5.92 Å². The number of fused-ring (bicyclic) bond motifs is 1. The van der Waals surface area contributed by atoms with E-state index in [1.54, 1.807) is 20.8 Å². The maximum absolute atomic E-state index is 12.8. The molecule has 0 bridgehead atoms. The Morgan fingerprint density at radius 1 is 1.23 bits per heavy atom. The number of benzene rings is 1. The van der Waals surface area contributed by atoms with Gasteiger partial charge in [0.05, 0.1) is 26.0 Å². The molecule has 2 heterocycles. The molecule has 35 heavy (non-hydrogen) atoms. The van der Waals surface area contributed by atoms with Gasteiger partial charge in [-0.25, -0.2) is 14.6 Å². The van der Waals surface area contributed by atoms with Gasteiger partial charge in [-0.3, -0.25) is 4.90 Å². The maximum atomic E-state index is 12.8. The molecular weight excluding hydrogens is 448 g/mol. The summed E-state index contributed by atoms with van der Waals surface area (Å²) in [4.78, 5) is 31.2. The highest BCUT2D eigenvalue weighted by molar-refractivity contribution is 5.82. The zero-order valence-corrected chi connectivity index (χ0v) is 21.1. The molecule has 1 atom stereocenters. The average molecular weight is 483 g/mol. The maximum Gasteiger partial charge on any atom is 0.411 e. The lowest BCUT2D eigenvalue weighted by Gasteiger charge is -2.36. The van der Waals surface area contributed by atoms with Crippen molar-refractivity contribution in [1.82, 2.24) is 9.88 Å². The molecule has 4 rings (SSSR count). The second-order valence-electron chi connectivity index (χ2n) is 10.1. The van der Waals surface area contributed by atoms with Crippen LogP contribution in [0.1, 0.15) is 62.1 Å². The van der Waals surface area contributed by atoms with Gasteiger partial charge in [-0.15, -0.1) is 0 Å². The predicted octanol–water partition coefficient (Wildman–Crippen LogP) is 4.86. The molecule has 1 amide bonds. The second-order valence-corrected chi connectivity index (χ2v) is 10.1. The lowest BCUT2D eigenvalue weighted by atomic mass is 9.94. The Morgan fingerprint density at radius 3 is 2.69 bits per heavy atom. The Labute approximate surface area is 206 Å². The fraction of sp³-hybridized carbons (Fsp3) is 0.519. The molecule has 1 aromatic carbocycles. The van der Waals surface area contributed by atoms with E-state index in [9.17, 15) is 9.59 Å². The Hall–Kier alpha value is -3.29. The van der Waals surface area contributed by atoms with Crippen molar-refractivity contribution in [2.45, 2.75) is 71.6 Å². The minimum absolute atomic E-state index is 0.236. The number of allylic oxidation sites excluding steroid dienone is 1.